The van der Waals surface area contributed by atoms with Crippen LogP contribution in [0.25, 0.3) is 11.4 Å². The van der Waals surface area contributed by atoms with Crippen molar-refractivity contribution in [3.8, 4) is 11.4 Å². The number of aromatic carboxylic acids is 1. The third kappa shape index (κ3) is 4.02. The van der Waals surface area contributed by atoms with Gasteiger partial charge in [0.2, 0.25) is 0 Å². The van der Waals surface area contributed by atoms with Gasteiger partial charge in [-0.25, -0.2) is 14.8 Å². The number of anilines is 1. The van der Waals surface area contributed by atoms with Crippen LogP contribution in [-0.2, 0) is 0 Å². The third-order valence-electron chi connectivity index (χ3n) is 2.91. The molecule has 0 saturated heterocycles. The maximum Gasteiger partial charge on any atom is 0.354 e. The zero-order valence-electron chi connectivity index (χ0n) is 12.4. The fourth-order valence-electron chi connectivity index (χ4n) is 1.87. The Hall–Kier alpha value is -2.43. The van der Waals surface area contributed by atoms with E-state index in [0.717, 1.165) is 17.7 Å². The summed E-state index contributed by atoms with van der Waals surface area (Å²) in [4.78, 5) is 19.8. The minimum absolute atomic E-state index is 0.00670. The second-order valence-electron chi connectivity index (χ2n) is 5.41. The first-order valence-electron chi connectivity index (χ1n) is 6.89. The van der Waals surface area contributed by atoms with Crippen LogP contribution in [-0.4, -0.2) is 27.6 Å². The van der Waals surface area contributed by atoms with Gasteiger partial charge >= 0.3 is 5.97 Å². The molecule has 0 atom stereocenters. The van der Waals surface area contributed by atoms with Crippen LogP contribution in [0.4, 0.5) is 5.82 Å². The van der Waals surface area contributed by atoms with Gasteiger partial charge in [-0.1, -0.05) is 37.6 Å². The SMILES string of the molecule is Cc1cccc(-c2nc(NCC(C)C)cc(C(=O)O)n2)c1. The summed E-state index contributed by atoms with van der Waals surface area (Å²) in [6, 6.07) is 9.16. The molecule has 110 valence electrons. The largest absolute Gasteiger partial charge is 0.477 e. The van der Waals surface area contributed by atoms with Gasteiger partial charge in [-0.3, -0.25) is 0 Å². The van der Waals surface area contributed by atoms with Crippen molar-refractivity contribution in [1.29, 1.82) is 0 Å². The number of nitrogens with zero attached hydrogens (tertiary/aromatic N) is 2. The average Bonchev–Trinajstić information content (AvgIpc) is 2.44. The summed E-state index contributed by atoms with van der Waals surface area (Å²) in [5.41, 5.74) is 1.88. The zero-order valence-corrected chi connectivity index (χ0v) is 12.4. The molecule has 2 N–H and O–H groups in total. The zero-order chi connectivity index (χ0) is 15.4. The Balaban J connectivity index is 2.42. The number of aromatic nitrogens is 2. The number of carbonyl (C=O) groups is 1. The summed E-state index contributed by atoms with van der Waals surface area (Å²) >= 11 is 0. The Bertz CT molecular complexity index is 654. The van der Waals surface area contributed by atoms with E-state index in [2.05, 4.69) is 29.1 Å². The molecule has 2 aromatic rings. The number of nitrogens with one attached hydrogen (secondary N) is 1. The molecule has 5 heteroatoms. The van der Waals surface area contributed by atoms with Gasteiger partial charge in [-0.05, 0) is 18.9 Å². The molecule has 0 fully saturated rings. The van der Waals surface area contributed by atoms with E-state index in [1.165, 1.54) is 6.07 Å². The average molecular weight is 285 g/mol. The topological polar surface area (TPSA) is 75.1 Å². The second-order valence-corrected chi connectivity index (χ2v) is 5.41. The lowest BCUT2D eigenvalue weighted by molar-refractivity contribution is 0.0690. The molecule has 1 aromatic carbocycles. The van der Waals surface area contributed by atoms with Crippen LogP contribution in [0.15, 0.2) is 30.3 Å². The maximum atomic E-state index is 11.2. The van der Waals surface area contributed by atoms with Gasteiger partial charge in [0, 0.05) is 18.2 Å². The number of benzene rings is 1. The van der Waals surface area contributed by atoms with Gasteiger partial charge in [-0.15, -0.1) is 0 Å². The third-order valence-corrected chi connectivity index (χ3v) is 2.91. The van der Waals surface area contributed by atoms with Crippen molar-refractivity contribution in [2.45, 2.75) is 20.8 Å². The molecule has 0 unspecified atom stereocenters. The van der Waals surface area contributed by atoms with Crippen LogP contribution in [0.1, 0.15) is 29.9 Å². The summed E-state index contributed by atoms with van der Waals surface area (Å²) in [5, 5.41) is 12.3. The minimum atomic E-state index is -1.06. The summed E-state index contributed by atoms with van der Waals surface area (Å²) in [6.45, 7) is 6.85. The van der Waals surface area contributed by atoms with E-state index in [9.17, 15) is 9.90 Å². The minimum Gasteiger partial charge on any atom is -0.477 e. The highest BCUT2D eigenvalue weighted by Crippen LogP contribution is 2.19. The number of carboxylic acid groups (broad SMARTS) is 1. The second kappa shape index (κ2) is 6.35. The highest BCUT2D eigenvalue weighted by Gasteiger charge is 2.12. The molecule has 2 rings (SSSR count). The number of carboxylic acids is 1. The van der Waals surface area contributed by atoms with Crippen LogP contribution in [0.5, 0.6) is 0 Å². The first-order valence-corrected chi connectivity index (χ1v) is 6.89. The molecule has 5 nitrogen and oxygen atoms in total. The fourth-order valence-corrected chi connectivity index (χ4v) is 1.87. The highest BCUT2D eigenvalue weighted by molar-refractivity contribution is 5.87. The van der Waals surface area contributed by atoms with E-state index in [-0.39, 0.29) is 5.69 Å². The highest BCUT2D eigenvalue weighted by atomic mass is 16.4. The molecule has 0 aliphatic carbocycles. The monoisotopic (exact) mass is 285 g/mol. The van der Waals surface area contributed by atoms with Crippen molar-refractivity contribution in [3.63, 3.8) is 0 Å². The van der Waals surface area contributed by atoms with E-state index in [4.69, 9.17) is 0 Å². The molecule has 0 bridgehead atoms. The van der Waals surface area contributed by atoms with Gasteiger partial charge in [-0.2, -0.15) is 0 Å². The van der Waals surface area contributed by atoms with E-state index in [1.807, 2.05) is 31.2 Å². The van der Waals surface area contributed by atoms with Crippen molar-refractivity contribution in [3.05, 3.63) is 41.6 Å². The van der Waals surface area contributed by atoms with E-state index in [0.29, 0.717) is 17.6 Å². The van der Waals surface area contributed by atoms with Gasteiger partial charge in [0.1, 0.15) is 5.82 Å². The van der Waals surface area contributed by atoms with E-state index < -0.39 is 5.97 Å². The lowest BCUT2D eigenvalue weighted by Crippen LogP contribution is -2.12. The van der Waals surface area contributed by atoms with Crippen LogP contribution in [0.3, 0.4) is 0 Å². The van der Waals surface area contributed by atoms with Crippen LogP contribution in [0, 0.1) is 12.8 Å². The molecule has 0 aliphatic rings. The Morgan fingerprint density at radius 1 is 1.29 bits per heavy atom. The van der Waals surface area contributed by atoms with Gasteiger partial charge in [0.15, 0.2) is 11.5 Å². The fraction of sp³-hybridized carbons (Fsp3) is 0.312. The quantitative estimate of drug-likeness (QED) is 0.882. The lowest BCUT2D eigenvalue weighted by atomic mass is 10.1. The number of rotatable bonds is 5. The molecular weight excluding hydrogens is 266 g/mol. The summed E-state index contributed by atoms with van der Waals surface area (Å²) in [7, 11) is 0. The molecule has 0 spiro atoms. The molecule has 0 radical (unpaired) electrons. The number of aryl methyl sites for hydroxylation is 1. The lowest BCUT2D eigenvalue weighted by Gasteiger charge is -2.10. The van der Waals surface area contributed by atoms with Crippen LogP contribution in [0.2, 0.25) is 0 Å². The Kier molecular flexibility index (Phi) is 4.52. The first-order chi connectivity index (χ1) is 9.95. The smallest absolute Gasteiger partial charge is 0.354 e. The maximum absolute atomic E-state index is 11.2. The molecule has 0 aliphatic heterocycles. The molecule has 1 heterocycles. The summed E-state index contributed by atoms with van der Waals surface area (Å²) in [5.74, 6) is 0.340. The van der Waals surface area contributed by atoms with E-state index in [1.54, 1.807) is 0 Å². The molecular formula is C16H19N3O2. The van der Waals surface area contributed by atoms with Crippen LogP contribution < -0.4 is 5.32 Å². The molecule has 0 amide bonds. The Morgan fingerprint density at radius 3 is 2.67 bits per heavy atom. The van der Waals surface area contributed by atoms with Crippen molar-refractivity contribution >= 4 is 11.8 Å². The van der Waals surface area contributed by atoms with Crippen molar-refractivity contribution in [2.24, 2.45) is 5.92 Å². The van der Waals surface area contributed by atoms with Crippen molar-refractivity contribution in [2.75, 3.05) is 11.9 Å². The number of hydrogen-bond acceptors (Lipinski definition) is 4. The van der Waals surface area contributed by atoms with Gasteiger partial charge in [0.25, 0.3) is 0 Å². The predicted molar refractivity (Wildman–Crippen MR) is 82.5 cm³/mol. The normalized spacial score (nSPS) is 10.7. The summed E-state index contributed by atoms with van der Waals surface area (Å²) < 4.78 is 0. The number of hydrogen-bond donors (Lipinski definition) is 2. The van der Waals surface area contributed by atoms with E-state index >= 15 is 0 Å². The summed E-state index contributed by atoms with van der Waals surface area (Å²) in [6.07, 6.45) is 0. The Morgan fingerprint density at radius 2 is 2.05 bits per heavy atom. The molecule has 21 heavy (non-hydrogen) atoms. The van der Waals surface area contributed by atoms with Crippen molar-refractivity contribution < 1.29 is 9.90 Å². The standard InChI is InChI=1S/C16H19N3O2/c1-10(2)9-17-14-8-13(16(20)21)18-15(19-14)12-6-4-5-11(3)7-12/h4-8,10H,9H2,1-3H3,(H,20,21)(H,17,18,19). The van der Waals surface area contributed by atoms with Crippen LogP contribution >= 0.6 is 0 Å². The van der Waals surface area contributed by atoms with Gasteiger partial charge < -0.3 is 10.4 Å². The first kappa shape index (κ1) is 15.0. The molecule has 1 aromatic heterocycles. The molecule has 0 saturated carbocycles. The van der Waals surface area contributed by atoms with Crippen molar-refractivity contribution in [1.82, 2.24) is 9.97 Å². The predicted octanol–water partition coefficient (Wildman–Crippen LogP) is 3.22. The Labute approximate surface area is 124 Å². The van der Waals surface area contributed by atoms with Gasteiger partial charge in [0.05, 0.1) is 0 Å².